The lowest BCUT2D eigenvalue weighted by molar-refractivity contribution is -0.167. The molecule has 2 saturated heterocycles. The van der Waals surface area contributed by atoms with Crippen LogP contribution in [0, 0.1) is 0 Å². The number of carboxylic acid groups (broad SMARTS) is 1. The predicted octanol–water partition coefficient (Wildman–Crippen LogP) is 2.58. The quantitative estimate of drug-likeness (QED) is 0.866. The molecule has 6 heteroatoms. The highest BCUT2D eigenvalue weighted by molar-refractivity contribution is 6.30. The Balaban J connectivity index is 1.82. The van der Waals surface area contributed by atoms with Crippen LogP contribution in [0.15, 0.2) is 24.3 Å². The van der Waals surface area contributed by atoms with E-state index in [2.05, 4.69) is 4.90 Å². The standard InChI is InChI=1S/C16H18ClNO4/c1-18-12-6-7-13(18)9-16(8-12,15(20)21)22-14(19)10-2-4-11(17)5-3-10/h2-5,12-13H,6-9H2,1H3,(H,20,21). The largest absolute Gasteiger partial charge is 0.478 e. The first-order valence-electron chi connectivity index (χ1n) is 7.35. The fourth-order valence-corrected chi connectivity index (χ4v) is 3.68. The Morgan fingerprint density at radius 3 is 2.27 bits per heavy atom. The molecule has 2 aliphatic heterocycles. The Labute approximate surface area is 133 Å². The van der Waals surface area contributed by atoms with Crippen molar-refractivity contribution in [3.05, 3.63) is 34.9 Å². The summed E-state index contributed by atoms with van der Waals surface area (Å²) < 4.78 is 5.49. The molecule has 0 saturated carbocycles. The number of halogens is 1. The number of benzene rings is 1. The van der Waals surface area contributed by atoms with Crippen LogP contribution < -0.4 is 0 Å². The normalized spacial score (nSPS) is 31.0. The molecule has 2 fully saturated rings. The van der Waals surface area contributed by atoms with E-state index in [4.69, 9.17) is 16.3 Å². The zero-order valence-electron chi connectivity index (χ0n) is 12.3. The molecular formula is C16H18ClNO4. The number of carbonyl (C=O) groups is 2. The van der Waals surface area contributed by atoms with Crippen LogP contribution in [-0.2, 0) is 9.53 Å². The number of hydrogen-bond donors (Lipinski definition) is 1. The van der Waals surface area contributed by atoms with Gasteiger partial charge in [0, 0.05) is 29.9 Å². The van der Waals surface area contributed by atoms with Gasteiger partial charge in [-0.25, -0.2) is 9.59 Å². The number of hydrogen-bond acceptors (Lipinski definition) is 4. The number of aliphatic carboxylic acids is 1. The third kappa shape index (κ3) is 2.59. The third-order valence-corrected chi connectivity index (χ3v) is 5.13. The van der Waals surface area contributed by atoms with Gasteiger partial charge >= 0.3 is 11.9 Å². The zero-order valence-corrected chi connectivity index (χ0v) is 13.0. The van der Waals surface area contributed by atoms with Crippen molar-refractivity contribution in [3.63, 3.8) is 0 Å². The van der Waals surface area contributed by atoms with Crippen LogP contribution in [0.3, 0.4) is 0 Å². The first-order valence-corrected chi connectivity index (χ1v) is 7.73. The molecule has 0 aliphatic carbocycles. The highest BCUT2D eigenvalue weighted by Crippen LogP contribution is 2.42. The lowest BCUT2D eigenvalue weighted by Crippen LogP contribution is -2.55. The summed E-state index contributed by atoms with van der Waals surface area (Å²) in [4.78, 5) is 26.3. The summed E-state index contributed by atoms with van der Waals surface area (Å²) in [5, 5.41) is 10.2. The van der Waals surface area contributed by atoms with Gasteiger partial charge in [0.15, 0.2) is 0 Å². The molecule has 1 aromatic carbocycles. The maximum absolute atomic E-state index is 12.3. The number of nitrogens with zero attached hydrogens (tertiary/aromatic N) is 1. The van der Waals surface area contributed by atoms with Crippen LogP contribution in [0.4, 0.5) is 0 Å². The molecule has 1 aromatic rings. The maximum Gasteiger partial charge on any atom is 0.348 e. The molecule has 22 heavy (non-hydrogen) atoms. The summed E-state index contributed by atoms with van der Waals surface area (Å²) in [5.41, 5.74) is -1.11. The van der Waals surface area contributed by atoms with E-state index in [1.165, 1.54) is 0 Å². The minimum atomic E-state index is -1.42. The molecular weight excluding hydrogens is 306 g/mol. The smallest absolute Gasteiger partial charge is 0.348 e. The lowest BCUT2D eigenvalue weighted by atomic mass is 9.86. The molecule has 1 N–H and O–H groups in total. The summed E-state index contributed by atoms with van der Waals surface area (Å²) >= 11 is 5.80. The van der Waals surface area contributed by atoms with Crippen LogP contribution in [0.2, 0.25) is 5.02 Å². The van der Waals surface area contributed by atoms with Crippen LogP contribution in [-0.4, -0.2) is 46.7 Å². The van der Waals surface area contributed by atoms with Gasteiger partial charge in [-0.2, -0.15) is 0 Å². The Kier molecular flexibility index (Phi) is 3.87. The van der Waals surface area contributed by atoms with Gasteiger partial charge in [-0.1, -0.05) is 11.6 Å². The van der Waals surface area contributed by atoms with Crippen molar-refractivity contribution in [2.24, 2.45) is 0 Å². The average molecular weight is 324 g/mol. The van der Waals surface area contributed by atoms with Crippen molar-refractivity contribution < 1.29 is 19.4 Å². The van der Waals surface area contributed by atoms with Gasteiger partial charge in [-0.15, -0.1) is 0 Å². The van der Waals surface area contributed by atoms with Crippen molar-refractivity contribution in [2.45, 2.75) is 43.4 Å². The van der Waals surface area contributed by atoms with Crippen molar-refractivity contribution in [3.8, 4) is 0 Å². The summed E-state index contributed by atoms with van der Waals surface area (Å²) in [6.45, 7) is 0. The molecule has 2 atom stereocenters. The van der Waals surface area contributed by atoms with Crippen LogP contribution >= 0.6 is 11.6 Å². The van der Waals surface area contributed by atoms with E-state index in [0.717, 1.165) is 12.8 Å². The first kappa shape index (κ1) is 15.3. The second-order valence-electron chi connectivity index (χ2n) is 6.15. The van der Waals surface area contributed by atoms with Gasteiger partial charge in [0.2, 0.25) is 5.60 Å². The predicted molar refractivity (Wildman–Crippen MR) is 81.0 cm³/mol. The zero-order chi connectivity index (χ0) is 15.9. The minimum Gasteiger partial charge on any atom is -0.478 e. The van der Waals surface area contributed by atoms with E-state index < -0.39 is 17.5 Å². The van der Waals surface area contributed by atoms with Gasteiger partial charge in [0.05, 0.1) is 5.56 Å². The van der Waals surface area contributed by atoms with Crippen LogP contribution in [0.25, 0.3) is 0 Å². The summed E-state index contributed by atoms with van der Waals surface area (Å²) in [6, 6.07) is 6.59. The molecule has 118 valence electrons. The Hall–Kier alpha value is -1.59. The minimum absolute atomic E-state index is 0.160. The van der Waals surface area contributed by atoms with Gasteiger partial charge in [0.1, 0.15) is 0 Å². The average Bonchev–Trinajstić information content (AvgIpc) is 2.71. The SMILES string of the molecule is CN1C2CCC1CC(OC(=O)c1ccc(Cl)cc1)(C(=O)O)C2. The Morgan fingerprint density at radius 1 is 1.23 bits per heavy atom. The number of rotatable bonds is 3. The van der Waals surface area contributed by atoms with Crippen LogP contribution in [0.5, 0.6) is 0 Å². The summed E-state index contributed by atoms with van der Waals surface area (Å²) in [7, 11) is 2.01. The Morgan fingerprint density at radius 2 is 1.77 bits per heavy atom. The molecule has 2 bridgehead atoms. The van der Waals surface area contributed by atoms with E-state index in [-0.39, 0.29) is 12.1 Å². The van der Waals surface area contributed by atoms with Crippen LogP contribution in [0.1, 0.15) is 36.0 Å². The monoisotopic (exact) mass is 323 g/mol. The first-order chi connectivity index (χ1) is 10.4. The molecule has 0 amide bonds. The fourth-order valence-electron chi connectivity index (χ4n) is 3.55. The fraction of sp³-hybridized carbons (Fsp3) is 0.500. The van der Waals surface area contributed by atoms with E-state index in [0.29, 0.717) is 23.4 Å². The lowest BCUT2D eigenvalue weighted by Gasteiger charge is -2.41. The molecule has 0 radical (unpaired) electrons. The molecule has 2 aliphatic rings. The summed E-state index contributed by atoms with van der Waals surface area (Å²) in [5.74, 6) is -1.66. The number of fused-ring (bicyclic) bond motifs is 2. The second kappa shape index (κ2) is 5.56. The van der Waals surface area contributed by atoms with Gasteiger partial charge in [0.25, 0.3) is 0 Å². The molecule has 5 nitrogen and oxygen atoms in total. The van der Waals surface area contributed by atoms with Crippen molar-refractivity contribution in [2.75, 3.05) is 7.05 Å². The topological polar surface area (TPSA) is 66.8 Å². The number of carboxylic acids is 1. The summed E-state index contributed by atoms with van der Waals surface area (Å²) in [6.07, 6.45) is 2.59. The van der Waals surface area contributed by atoms with E-state index in [1.54, 1.807) is 24.3 Å². The second-order valence-corrected chi connectivity index (χ2v) is 6.59. The molecule has 0 aromatic heterocycles. The Bertz CT molecular complexity index is 587. The number of ether oxygens (including phenoxy) is 1. The van der Waals surface area contributed by atoms with Gasteiger partial charge < -0.3 is 14.7 Å². The molecule has 2 heterocycles. The van der Waals surface area contributed by atoms with Crippen molar-refractivity contribution >= 4 is 23.5 Å². The van der Waals surface area contributed by atoms with Gasteiger partial charge in [-0.05, 0) is 44.2 Å². The highest BCUT2D eigenvalue weighted by atomic mass is 35.5. The number of piperidine rings is 1. The van der Waals surface area contributed by atoms with Gasteiger partial charge in [-0.3, -0.25) is 0 Å². The highest BCUT2D eigenvalue weighted by Gasteiger charge is 2.54. The number of carbonyl (C=O) groups excluding carboxylic acids is 1. The number of esters is 1. The van der Waals surface area contributed by atoms with Crippen molar-refractivity contribution in [1.29, 1.82) is 0 Å². The molecule has 0 spiro atoms. The van der Waals surface area contributed by atoms with E-state index >= 15 is 0 Å². The van der Waals surface area contributed by atoms with E-state index in [1.807, 2.05) is 7.05 Å². The van der Waals surface area contributed by atoms with Crippen molar-refractivity contribution in [1.82, 2.24) is 4.90 Å². The van der Waals surface area contributed by atoms with E-state index in [9.17, 15) is 14.7 Å². The maximum atomic E-state index is 12.3. The molecule has 3 rings (SSSR count). The molecule has 2 unspecified atom stereocenters. The third-order valence-electron chi connectivity index (χ3n) is 4.87.